The molecule has 0 atom stereocenters. The van der Waals surface area contributed by atoms with E-state index in [1.165, 1.54) is 27.8 Å². The van der Waals surface area contributed by atoms with Crippen LogP contribution >= 0.6 is 12.6 Å². The van der Waals surface area contributed by atoms with Gasteiger partial charge in [-0.05, 0) is 70.5 Å². The van der Waals surface area contributed by atoms with E-state index in [0.717, 1.165) is 32.7 Å². The van der Waals surface area contributed by atoms with E-state index in [1.807, 2.05) is 114 Å². The molecule has 0 saturated carbocycles. The Bertz CT molecular complexity index is 1830. The van der Waals surface area contributed by atoms with Crippen LogP contribution in [0.1, 0.15) is 69.4 Å². The van der Waals surface area contributed by atoms with Gasteiger partial charge in [0.05, 0.1) is 0 Å². The molecular weight excluding hydrogens is 657 g/mol. The lowest BCUT2D eigenvalue weighted by molar-refractivity contribution is 1.46. The molecule has 0 N–H and O–H groups in total. The van der Waals surface area contributed by atoms with Crippen molar-refractivity contribution in [3.63, 3.8) is 0 Å². The van der Waals surface area contributed by atoms with Gasteiger partial charge in [-0.25, -0.2) is 0 Å². The van der Waals surface area contributed by atoms with Gasteiger partial charge in [0.15, 0.2) is 0 Å². The second-order valence-electron chi connectivity index (χ2n) is 11.0. The molecule has 1 heteroatoms. The summed E-state index contributed by atoms with van der Waals surface area (Å²) in [6.07, 6.45) is 5.76. The molecule has 0 aromatic heterocycles. The minimum atomic E-state index is 1.02. The molecule has 0 spiro atoms. The average Bonchev–Trinajstić information content (AvgIpc) is 3.23. The summed E-state index contributed by atoms with van der Waals surface area (Å²) in [6.45, 7) is 24.2. The zero-order chi connectivity index (χ0) is 39.3. The van der Waals surface area contributed by atoms with Crippen molar-refractivity contribution >= 4 is 23.8 Å². The van der Waals surface area contributed by atoms with E-state index in [1.54, 1.807) is 0 Å². The molecule has 6 rings (SSSR count). The highest BCUT2D eigenvalue weighted by atomic mass is 32.1. The average molecular weight is 717 g/mol. The molecule has 0 nitrogen and oxygen atoms in total. The number of allylic oxidation sites excluding steroid dienone is 5. The quantitative estimate of drug-likeness (QED) is 0.0949. The Morgan fingerprint density at radius 3 is 1.15 bits per heavy atom. The zero-order valence-corrected chi connectivity index (χ0v) is 34.2. The number of thiol groups is 1. The van der Waals surface area contributed by atoms with E-state index in [-0.39, 0.29) is 0 Å². The van der Waals surface area contributed by atoms with Gasteiger partial charge in [-0.3, -0.25) is 0 Å². The maximum absolute atomic E-state index is 4.11. The standard InChI is InChI=1S/C33H28.C7H8.C6H6S.3C2H6/c1-4-12-26(5-2)32(29-13-8-6-9-14-29)33(30-15-10-7-11-16-30)31-23-21-28(22-24-31)27-19-17-25(3)18-20-27;1-7-5-3-2-4-6-7;7-6-4-2-1-3-5-6;3*1-2/h4-24H,1-2H2,3H3;2-6H,1H3;1-5,7H;3*1-2H3/b26-12+,33-32+;;;;;. The first-order valence-electron chi connectivity index (χ1n) is 18.7. The predicted octanol–water partition coefficient (Wildman–Crippen LogP) is 16.0. The smallest absolute Gasteiger partial charge is 0.00399 e. The highest BCUT2D eigenvalue weighted by Crippen LogP contribution is 2.38. The van der Waals surface area contributed by atoms with Crippen molar-refractivity contribution in [2.24, 2.45) is 0 Å². The van der Waals surface area contributed by atoms with E-state index in [4.69, 9.17) is 0 Å². The molecule has 0 heterocycles. The van der Waals surface area contributed by atoms with E-state index in [2.05, 4.69) is 155 Å². The summed E-state index contributed by atoms with van der Waals surface area (Å²) < 4.78 is 0. The lowest BCUT2D eigenvalue weighted by atomic mass is 9.85. The molecule has 0 bridgehead atoms. The Balaban J connectivity index is 0.000000573. The van der Waals surface area contributed by atoms with Crippen LogP contribution in [0.2, 0.25) is 0 Å². The third-order valence-electron chi connectivity index (χ3n) is 7.44. The first-order valence-corrected chi connectivity index (χ1v) is 19.2. The van der Waals surface area contributed by atoms with Gasteiger partial charge in [-0.15, -0.1) is 12.6 Å². The Kier molecular flexibility index (Phi) is 24.3. The second-order valence-corrected chi connectivity index (χ2v) is 11.5. The van der Waals surface area contributed by atoms with Crippen LogP contribution in [0.25, 0.3) is 22.3 Å². The largest absolute Gasteiger partial charge is 0.143 e. The van der Waals surface area contributed by atoms with E-state index < -0.39 is 0 Å². The van der Waals surface area contributed by atoms with Crippen molar-refractivity contribution in [3.8, 4) is 11.1 Å². The first-order chi connectivity index (χ1) is 26.0. The SMILES string of the molecule is C=C/C=C(C=C)/C(=C(/c1ccccc1)c1ccc(-c2ccc(C)cc2)cc1)c1ccccc1.CC.CC.CC.Cc1ccccc1.Sc1ccccc1. The highest BCUT2D eigenvalue weighted by Gasteiger charge is 2.16. The lowest BCUT2D eigenvalue weighted by Gasteiger charge is -2.19. The van der Waals surface area contributed by atoms with Crippen molar-refractivity contribution in [2.75, 3.05) is 0 Å². The summed E-state index contributed by atoms with van der Waals surface area (Å²) in [5.41, 5.74) is 11.8. The Hall–Kier alpha value is -5.37. The minimum absolute atomic E-state index is 1.02. The minimum Gasteiger partial charge on any atom is -0.143 e. The maximum atomic E-state index is 4.11. The van der Waals surface area contributed by atoms with Gasteiger partial charge in [-0.1, -0.05) is 242 Å². The fourth-order valence-corrected chi connectivity index (χ4v) is 5.21. The van der Waals surface area contributed by atoms with Crippen LogP contribution in [0.15, 0.2) is 212 Å². The van der Waals surface area contributed by atoms with E-state index in [0.29, 0.717) is 0 Å². The van der Waals surface area contributed by atoms with Gasteiger partial charge in [-0.2, -0.15) is 0 Å². The predicted molar refractivity (Wildman–Crippen MR) is 243 cm³/mol. The van der Waals surface area contributed by atoms with Crippen LogP contribution in [0.4, 0.5) is 0 Å². The second kappa shape index (κ2) is 28.2. The first kappa shape index (κ1) is 45.7. The summed E-state index contributed by atoms with van der Waals surface area (Å²) in [5, 5.41) is 0. The molecule has 53 heavy (non-hydrogen) atoms. The van der Waals surface area contributed by atoms with E-state index in [9.17, 15) is 0 Å². The molecule has 0 amide bonds. The molecule has 0 aliphatic carbocycles. The molecule has 0 unspecified atom stereocenters. The summed E-state index contributed by atoms with van der Waals surface area (Å²) in [7, 11) is 0. The monoisotopic (exact) mass is 716 g/mol. The summed E-state index contributed by atoms with van der Waals surface area (Å²) >= 11 is 4.08. The molecule has 6 aromatic rings. The zero-order valence-electron chi connectivity index (χ0n) is 33.3. The number of hydrogen-bond donors (Lipinski definition) is 1. The maximum Gasteiger partial charge on any atom is 0.00399 e. The van der Waals surface area contributed by atoms with Crippen molar-refractivity contribution in [1.29, 1.82) is 0 Å². The number of aryl methyl sites for hydroxylation is 2. The number of rotatable bonds is 7. The topological polar surface area (TPSA) is 0 Å². The lowest BCUT2D eigenvalue weighted by Crippen LogP contribution is -1.97. The molecular formula is C52H60S. The summed E-state index contributed by atoms with van der Waals surface area (Å²) in [4.78, 5) is 1.02. The fraction of sp³-hybridized carbons (Fsp3) is 0.154. The van der Waals surface area contributed by atoms with Crippen molar-refractivity contribution in [1.82, 2.24) is 0 Å². The van der Waals surface area contributed by atoms with E-state index >= 15 is 0 Å². The van der Waals surface area contributed by atoms with Crippen LogP contribution in [0.3, 0.4) is 0 Å². The Morgan fingerprint density at radius 2 is 0.792 bits per heavy atom. The molecule has 0 aliphatic rings. The molecule has 0 fully saturated rings. The Morgan fingerprint density at radius 1 is 0.434 bits per heavy atom. The van der Waals surface area contributed by atoms with Gasteiger partial charge in [0.1, 0.15) is 0 Å². The van der Waals surface area contributed by atoms with Crippen molar-refractivity contribution in [3.05, 3.63) is 235 Å². The van der Waals surface area contributed by atoms with Crippen LogP contribution in [0.5, 0.6) is 0 Å². The van der Waals surface area contributed by atoms with Gasteiger partial charge in [0.25, 0.3) is 0 Å². The van der Waals surface area contributed by atoms with Gasteiger partial charge < -0.3 is 0 Å². The third-order valence-corrected chi connectivity index (χ3v) is 7.73. The van der Waals surface area contributed by atoms with Crippen LogP contribution in [-0.2, 0) is 0 Å². The molecule has 0 saturated heterocycles. The normalized spacial score (nSPS) is 10.2. The van der Waals surface area contributed by atoms with Crippen LogP contribution in [-0.4, -0.2) is 0 Å². The molecule has 0 aliphatic heterocycles. The van der Waals surface area contributed by atoms with Gasteiger partial charge >= 0.3 is 0 Å². The fourth-order valence-electron chi connectivity index (χ4n) is 5.04. The Labute approximate surface area is 328 Å². The third kappa shape index (κ3) is 16.2. The highest BCUT2D eigenvalue weighted by molar-refractivity contribution is 7.80. The van der Waals surface area contributed by atoms with Crippen LogP contribution in [0, 0.1) is 13.8 Å². The summed E-state index contributed by atoms with van der Waals surface area (Å²) in [6, 6.07) is 58.6. The summed E-state index contributed by atoms with van der Waals surface area (Å²) in [5.74, 6) is 0. The molecule has 274 valence electrons. The molecule has 6 aromatic carbocycles. The van der Waals surface area contributed by atoms with Gasteiger partial charge in [0.2, 0.25) is 0 Å². The molecule has 0 radical (unpaired) electrons. The number of hydrogen-bond acceptors (Lipinski definition) is 1. The van der Waals surface area contributed by atoms with Gasteiger partial charge in [0, 0.05) is 4.90 Å². The van der Waals surface area contributed by atoms with Crippen molar-refractivity contribution < 1.29 is 0 Å². The number of benzene rings is 6. The van der Waals surface area contributed by atoms with Crippen molar-refractivity contribution in [2.45, 2.75) is 60.3 Å². The van der Waals surface area contributed by atoms with Crippen LogP contribution < -0.4 is 0 Å².